The Morgan fingerprint density at radius 3 is 2.70 bits per heavy atom. The number of rotatable bonds is 5. The Labute approximate surface area is 180 Å². The van der Waals surface area contributed by atoms with Crippen LogP contribution in [0.5, 0.6) is 0 Å². The predicted molar refractivity (Wildman–Crippen MR) is 118 cm³/mol. The molecule has 2 aliphatic rings. The first-order valence-electron chi connectivity index (χ1n) is 9.98. The van der Waals surface area contributed by atoms with E-state index in [1.807, 2.05) is 6.08 Å². The number of fused-ring (bicyclic) bond motifs is 1. The van der Waals surface area contributed by atoms with Crippen LogP contribution in [0.25, 0.3) is 11.0 Å². The molecule has 1 aromatic carbocycles. The van der Waals surface area contributed by atoms with E-state index in [2.05, 4.69) is 5.32 Å². The highest BCUT2D eigenvalue weighted by Gasteiger charge is 2.26. The second-order valence-electron chi connectivity index (χ2n) is 7.39. The summed E-state index contributed by atoms with van der Waals surface area (Å²) in [5.41, 5.74) is 1.43. The van der Waals surface area contributed by atoms with Crippen LogP contribution in [-0.4, -0.2) is 38.3 Å². The van der Waals surface area contributed by atoms with Crippen LogP contribution in [0.4, 0.5) is 0 Å². The fourth-order valence-electron chi connectivity index (χ4n) is 3.62. The van der Waals surface area contributed by atoms with Crippen molar-refractivity contribution in [1.82, 2.24) is 9.62 Å². The third kappa shape index (κ3) is 4.53. The molecule has 1 N–H and O–H groups in total. The van der Waals surface area contributed by atoms with Gasteiger partial charge in [0.1, 0.15) is 5.58 Å². The Hall–Kier alpha value is -2.35. The zero-order valence-electron chi connectivity index (χ0n) is 16.4. The summed E-state index contributed by atoms with van der Waals surface area (Å²) in [5.74, 6) is -0.132. The van der Waals surface area contributed by atoms with Gasteiger partial charge in [-0.1, -0.05) is 36.2 Å². The van der Waals surface area contributed by atoms with E-state index < -0.39 is 10.0 Å². The zero-order valence-corrected chi connectivity index (χ0v) is 18.0. The van der Waals surface area contributed by atoms with Crippen molar-refractivity contribution >= 4 is 38.5 Å². The van der Waals surface area contributed by atoms with Crippen LogP contribution in [0.15, 0.2) is 63.5 Å². The molecule has 4 rings (SSSR count). The van der Waals surface area contributed by atoms with Crippen molar-refractivity contribution in [2.24, 2.45) is 0 Å². The predicted octanol–water partition coefficient (Wildman–Crippen LogP) is 4.40. The number of hydrogen-bond donors (Lipinski definition) is 1. The van der Waals surface area contributed by atoms with Crippen LogP contribution in [0.2, 0.25) is 5.02 Å². The molecule has 30 heavy (non-hydrogen) atoms. The molecule has 0 saturated carbocycles. The van der Waals surface area contributed by atoms with Gasteiger partial charge in [0.15, 0.2) is 5.76 Å². The second-order valence-corrected chi connectivity index (χ2v) is 9.77. The van der Waals surface area contributed by atoms with Gasteiger partial charge in [0.05, 0.1) is 4.91 Å². The summed E-state index contributed by atoms with van der Waals surface area (Å²) in [7, 11) is -3.46. The minimum absolute atomic E-state index is 0.206. The molecule has 0 bridgehead atoms. The van der Waals surface area contributed by atoms with Crippen molar-refractivity contribution in [3.05, 3.63) is 69.8 Å². The van der Waals surface area contributed by atoms with E-state index in [-0.39, 0.29) is 18.2 Å². The topological polar surface area (TPSA) is 79.6 Å². The van der Waals surface area contributed by atoms with Gasteiger partial charge in [-0.05, 0) is 55.2 Å². The molecule has 0 unspecified atom stereocenters. The molecule has 1 aliphatic carbocycles. The van der Waals surface area contributed by atoms with Crippen LogP contribution < -0.4 is 5.32 Å². The molecule has 1 aliphatic heterocycles. The van der Waals surface area contributed by atoms with E-state index in [0.29, 0.717) is 35.0 Å². The van der Waals surface area contributed by atoms with E-state index in [1.54, 1.807) is 46.8 Å². The maximum Gasteiger partial charge on any atom is 0.287 e. The van der Waals surface area contributed by atoms with Crippen LogP contribution in [0.3, 0.4) is 0 Å². The number of carbonyl (C=O) groups excluding carboxylic acids is 1. The molecule has 1 aromatic heterocycles. The number of halogens is 1. The number of sulfonamides is 1. The van der Waals surface area contributed by atoms with Gasteiger partial charge in [-0.3, -0.25) is 4.79 Å². The van der Waals surface area contributed by atoms with Gasteiger partial charge >= 0.3 is 0 Å². The first-order chi connectivity index (χ1) is 14.4. The lowest BCUT2D eigenvalue weighted by Crippen LogP contribution is -2.36. The van der Waals surface area contributed by atoms with Crippen LogP contribution in [0.1, 0.15) is 36.2 Å². The van der Waals surface area contributed by atoms with E-state index in [1.165, 1.54) is 0 Å². The minimum Gasteiger partial charge on any atom is -0.451 e. The Morgan fingerprint density at radius 2 is 1.90 bits per heavy atom. The summed E-state index contributed by atoms with van der Waals surface area (Å²) >= 11 is 5.97. The molecule has 6 nitrogen and oxygen atoms in total. The molecule has 0 spiro atoms. The van der Waals surface area contributed by atoms with Gasteiger partial charge < -0.3 is 9.73 Å². The summed E-state index contributed by atoms with van der Waals surface area (Å²) in [4.78, 5) is 12.8. The number of hydrogen-bond acceptors (Lipinski definition) is 4. The SMILES string of the molecule is O=C(NCC1=CCC=C(S(=O)(=O)N2CCCCC2)C=C1)c1cc2cc(Cl)ccc2o1. The number of benzene rings is 1. The Kier molecular flexibility index (Phi) is 6.13. The zero-order chi connectivity index (χ0) is 21.1. The maximum absolute atomic E-state index is 12.9. The maximum atomic E-state index is 12.9. The highest BCUT2D eigenvalue weighted by atomic mass is 35.5. The molecule has 0 atom stereocenters. The number of allylic oxidation sites excluding steroid dienone is 3. The number of nitrogens with zero attached hydrogens (tertiary/aromatic N) is 1. The molecular formula is C22H23ClN2O4S. The fraction of sp³-hybridized carbons (Fsp3) is 0.318. The number of furan rings is 1. The van der Waals surface area contributed by atoms with Crippen LogP contribution >= 0.6 is 11.6 Å². The van der Waals surface area contributed by atoms with Gasteiger partial charge in [0, 0.05) is 30.0 Å². The van der Waals surface area contributed by atoms with Gasteiger partial charge in [-0.2, -0.15) is 4.31 Å². The lowest BCUT2D eigenvalue weighted by Gasteiger charge is -2.26. The molecule has 0 radical (unpaired) electrons. The largest absolute Gasteiger partial charge is 0.451 e. The molecule has 2 aromatic rings. The van der Waals surface area contributed by atoms with Crippen molar-refractivity contribution in [2.75, 3.05) is 19.6 Å². The summed E-state index contributed by atoms with van der Waals surface area (Å²) < 4.78 is 32.8. The van der Waals surface area contributed by atoms with Gasteiger partial charge in [0.25, 0.3) is 5.91 Å². The average Bonchev–Trinajstić information content (AvgIpc) is 3.01. The summed E-state index contributed by atoms with van der Waals surface area (Å²) in [6.07, 6.45) is 10.4. The first kappa shape index (κ1) is 20.9. The fourth-order valence-corrected chi connectivity index (χ4v) is 5.39. The smallest absolute Gasteiger partial charge is 0.287 e. The minimum atomic E-state index is -3.46. The lowest BCUT2D eigenvalue weighted by molar-refractivity contribution is 0.0932. The van der Waals surface area contributed by atoms with E-state index in [0.717, 1.165) is 30.2 Å². The lowest BCUT2D eigenvalue weighted by atomic mass is 10.2. The van der Waals surface area contributed by atoms with Crippen molar-refractivity contribution in [2.45, 2.75) is 25.7 Å². The van der Waals surface area contributed by atoms with E-state index in [9.17, 15) is 13.2 Å². The highest BCUT2D eigenvalue weighted by Crippen LogP contribution is 2.24. The van der Waals surface area contributed by atoms with Crippen molar-refractivity contribution in [3.8, 4) is 0 Å². The standard InChI is InChI=1S/C22H23ClN2O4S/c23-18-8-10-20-17(13-18)14-21(29-20)22(26)24-15-16-5-4-6-19(9-7-16)30(27,28)25-11-2-1-3-12-25/h5-10,13-14H,1-4,11-12,15H2,(H,24,26). The summed E-state index contributed by atoms with van der Waals surface area (Å²) in [5, 5.41) is 4.16. The number of piperidine rings is 1. The van der Waals surface area contributed by atoms with E-state index >= 15 is 0 Å². The Morgan fingerprint density at radius 1 is 1.10 bits per heavy atom. The molecule has 158 valence electrons. The molecule has 1 saturated heterocycles. The third-order valence-electron chi connectivity index (χ3n) is 5.27. The number of amides is 1. The third-order valence-corrected chi connectivity index (χ3v) is 7.45. The molecule has 8 heteroatoms. The summed E-state index contributed by atoms with van der Waals surface area (Å²) in [6.45, 7) is 1.43. The quantitative estimate of drug-likeness (QED) is 0.738. The van der Waals surface area contributed by atoms with Crippen LogP contribution in [0, 0.1) is 0 Å². The number of nitrogens with one attached hydrogen (secondary N) is 1. The van der Waals surface area contributed by atoms with Crippen molar-refractivity contribution in [1.29, 1.82) is 0 Å². The van der Waals surface area contributed by atoms with Gasteiger partial charge in [0.2, 0.25) is 10.0 Å². The molecule has 1 fully saturated rings. The molecule has 2 heterocycles. The van der Waals surface area contributed by atoms with Gasteiger partial charge in [-0.15, -0.1) is 0 Å². The van der Waals surface area contributed by atoms with Crippen molar-refractivity contribution in [3.63, 3.8) is 0 Å². The van der Waals surface area contributed by atoms with Gasteiger partial charge in [-0.25, -0.2) is 8.42 Å². The normalized spacial score (nSPS) is 18.0. The van der Waals surface area contributed by atoms with Crippen LogP contribution in [-0.2, 0) is 10.0 Å². The molecular weight excluding hydrogens is 424 g/mol. The van der Waals surface area contributed by atoms with Crippen molar-refractivity contribution < 1.29 is 17.6 Å². The Balaban J connectivity index is 1.39. The highest BCUT2D eigenvalue weighted by molar-refractivity contribution is 7.93. The Bertz CT molecular complexity index is 1160. The first-order valence-corrected chi connectivity index (χ1v) is 11.8. The second kappa shape index (κ2) is 8.79. The monoisotopic (exact) mass is 446 g/mol. The number of carbonyl (C=O) groups is 1. The average molecular weight is 447 g/mol. The van der Waals surface area contributed by atoms with E-state index in [4.69, 9.17) is 16.0 Å². The summed E-state index contributed by atoms with van der Waals surface area (Å²) in [6, 6.07) is 6.82. The molecule has 1 amide bonds.